The monoisotopic (exact) mass is 342 g/mol. The smallest absolute Gasteiger partial charge is 0.332 e. The molecule has 0 atom stereocenters. The molecule has 0 saturated heterocycles. The third-order valence-corrected chi connectivity index (χ3v) is 3.91. The summed E-state index contributed by atoms with van der Waals surface area (Å²) in [7, 11) is 3.00. The van der Waals surface area contributed by atoms with Crippen LogP contribution in [0.5, 0.6) is 5.75 Å². The largest absolute Gasteiger partial charge is 0.508 e. The Labute approximate surface area is 142 Å². The Morgan fingerprint density at radius 3 is 2.72 bits per heavy atom. The van der Waals surface area contributed by atoms with Crippen molar-refractivity contribution < 1.29 is 5.11 Å². The third kappa shape index (κ3) is 2.80. The normalized spacial score (nSPS) is 11.5. The lowest BCUT2D eigenvalue weighted by atomic mass is 10.2. The van der Waals surface area contributed by atoms with Gasteiger partial charge in [-0.3, -0.25) is 13.9 Å². The second kappa shape index (κ2) is 6.27. The van der Waals surface area contributed by atoms with E-state index in [4.69, 9.17) is 0 Å². The summed E-state index contributed by atoms with van der Waals surface area (Å²) in [5, 5.41) is 13.5. The molecule has 2 heterocycles. The van der Waals surface area contributed by atoms with Crippen LogP contribution in [0.3, 0.4) is 0 Å². The number of imidazole rings is 1. The van der Waals surface area contributed by atoms with Crippen LogP contribution in [0.1, 0.15) is 12.5 Å². The number of hydrogen-bond donors (Lipinski definition) is 2. The zero-order chi connectivity index (χ0) is 18.1. The van der Waals surface area contributed by atoms with Crippen molar-refractivity contribution in [2.75, 3.05) is 5.43 Å². The molecule has 0 aliphatic heterocycles. The van der Waals surface area contributed by atoms with Gasteiger partial charge in [0, 0.05) is 20.6 Å². The topological polar surface area (TPSA) is 106 Å². The van der Waals surface area contributed by atoms with Crippen LogP contribution in [0.15, 0.2) is 39.0 Å². The first-order valence-corrected chi connectivity index (χ1v) is 7.68. The van der Waals surface area contributed by atoms with Crippen molar-refractivity contribution in [2.45, 2.75) is 13.5 Å². The summed E-state index contributed by atoms with van der Waals surface area (Å²) in [6, 6.07) is 6.62. The number of nitrogens with one attached hydrogen (secondary N) is 1. The van der Waals surface area contributed by atoms with Crippen molar-refractivity contribution in [2.24, 2.45) is 19.2 Å². The van der Waals surface area contributed by atoms with Gasteiger partial charge in [0.25, 0.3) is 5.56 Å². The predicted octanol–water partition coefficient (Wildman–Crippen LogP) is 0.605. The summed E-state index contributed by atoms with van der Waals surface area (Å²) in [4.78, 5) is 28.8. The molecule has 0 aliphatic carbocycles. The quantitative estimate of drug-likeness (QED) is 0.533. The highest BCUT2D eigenvalue weighted by molar-refractivity contribution is 5.81. The van der Waals surface area contributed by atoms with Gasteiger partial charge in [0.05, 0.1) is 6.21 Å². The van der Waals surface area contributed by atoms with Crippen molar-refractivity contribution in [3.63, 3.8) is 0 Å². The average Bonchev–Trinajstić information content (AvgIpc) is 2.97. The minimum atomic E-state index is -0.437. The minimum absolute atomic E-state index is 0.142. The number of aromatic hydroxyl groups is 1. The number of nitrogens with zero attached hydrogens (tertiary/aromatic N) is 5. The number of fused-ring (bicyclic) bond motifs is 1. The van der Waals surface area contributed by atoms with Crippen LogP contribution in [-0.4, -0.2) is 30.0 Å². The van der Waals surface area contributed by atoms with E-state index < -0.39 is 11.2 Å². The van der Waals surface area contributed by atoms with Crippen LogP contribution < -0.4 is 16.7 Å². The maximum absolute atomic E-state index is 12.4. The molecule has 9 nitrogen and oxygen atoms in total. The fourth-order valence-corrected chi connectivity index (χ4v) is 2.61. The SMILES string of the molecule is CCn1c(N/N=C\c2cccc(O)c2)nc2c1c(=O)n(C)c(=O)n2C. The summed E-state index contributed by atoms with van der Waals surface area (Å²) in [6.07, 6.45) is 1.52. The number of hydrogen-bond acceptors (Lipinski definition) is 6. The van der Waals surface area contributed by atoms with Gasteiger partial charge in [0.2, 0.25) is 5.95 Å². The molecule has 2 aromatic heterocycles. The van der Waals surface area contributed by atoms with E-state index in [2.05, 4.69) is 15.5 Å². The number of aryl methyl sites for hydroxylation is 2. The van der Waals surface area contributed by atoms with Gasteiger partial charge in [-0.15, -0.1) is 0 Å². The van der Waals surface area contributed by atoms with Gasteiger partial charge in [-0.2, -0.15) is 10.1 Å². The zero-order valence-electron chi connectivity index (χ0n) is 14.1. The van der Waals surface area contributed by atoms with Crippen LogP contribution >= 0.6 is 0 Å². The number of hydrazone groups is 1. The molecule has 3 aromatic rings. The Balaban J connectivity index is 2.05. The van der Waals surface area contributed by atoms with Gasteiger partial charge in [0.15, 0.2) is 11.2 Å². The number of phenols is 1. The highest BCUT2D eigenvalue weighted by atomic mass is 16.3. The molecule has 3 rings (SSSR count). The van der Waals surface area contributed by atoms with Gasteiger partial charge in [-0.1, -0.05) is 12.1 Å². The van der Waals surface area contributed by atoms with Gasteiger partial charge in [0.1, 0.15) is 5.75 Å². The molecule has 0 saturated carbocycles. The van der Waals surface area contributed by atoms with E-state index in [0.717, 1.165) is 4.57 Å². The molecular formula is C16H18N6O3. The van der Waals surface area contributed by atoms with Crippen molar-refractivity contribution in [3.05, 3.63) is 50.7 Å². The Morgan fingerprint density at radius 1 is 1.28 bits per heavy atom. The Morgan fingerprint density at radius 2 is 2.04 bits per heavy atom. The Bertz CT molecular complexity index is 1090. The first-order valence-electron chi connectivity index (χ1n) is 7.68. The van der Waals surface area contributed by atoms with Gasteiger partial charge < -0.3 is 9.67 Å². The highest BCUT2D eigenvalue weighted by Gasteiger charge is 2.17. The lowest BCUT2D eigenvalue weighted by molar-refractivity contribution is 0.475. The average molecular weight is 342 g/mol. The van der Waals surface area contributed by atoms with Crippen molar-refractivity contribution in [1.29, 1.82) is 0 Å². The number of anilines is 1. The Kier molecular flexibility index (Phi) is 4.14. The molecule has 25 heavy (non-hydrogen) atoms. The molecule has 9 heteroatoms. The molecular weight excluding hydrogens is 324 g/mol. The first-order chi connectivity index (χ1) is 11.9. The van der Waals surface area contributed by atoms with Crippen LogP contribution in [0.4, 0.5) is 5.95 Å². The molecule has 0 aliphatic rings. The second-order valence-electron chi connectivity index (χ2n) is 5.52. The van der Waals surface area contributed by atoms with Gasteiger partial charge >= 0.3 is 5.69 Å². The van der Waals surface area contributed by atoms with E-state index in [1.165, 1.54) is 17.8 Å². The number of aromatic nitrogens is 4. The number of rotatable bonds is 4. The Hall–Kier alpha value is -3.36. The molecule has 0 unspecified atom stereocenters. The van der Waals surface area contributed by atoms with Crippen LogP contribution in [-0.2, 0) is 20.6 Å². The van der Waals surface area contributed by atoms with Crippen molar-refractivity contribution in [1.82, 2.24) is 18.7 Å². The maximum atomic E-state index is 12.4. The fraction of sp³-hybridized carbons (Fsp3) is 0.250. The standard InChI is InChI=1S/C16H18N6O3/c1-4-22-12-13(20(2)16(25)21(3)14(12)24)18-15(22)19-17-9-10-6-5-7-11(23)8-10/h5-9,23H,4H2,1-3H3,(H,18,19)/b17-9-. The van der Waals surface area contributed by atoms with Crippen LogP contribution in [0, 0.1) is 0 Å². The van der Waals surface area contributed by atoms with E-state index in [1.54, 1.807) is 35.9 Å². The predicted molar refractivity (Wildman–Crippen MR) is 95.2 cm³/mol. The van der Waals surface area contributed by atoms with Crippen LogP contribution in [0.25, 0.3) is 11.2 Å². The molecule has 2 N–H and O–H groups in total. The first kappa shape index (κ1) is 16.5. The van der Waals surface area contributed by atoms with Crippen molar-refractivity contribution >= 4 is 23.3 Å². The maximum Gasteiger partial charge on any atom is 0.332 e. The minimum Gasteiger partial charge on any atom is -0.508 e. The molecule has 0 spiro atoms. The number of benzene rings is 1. The van der Waals surface area contributed by atoms with E-state index in [0.29, 0.717) is 29.2 Å². The van der Waals surface area contributed by atoms with E-state index in [-0.39, 0.29) is 5.75 Å². The lowest BCUT2D eigenvalue weighted by Crippen LogP contribution is -2.37. The van der Waals surface area contributed by atoms with Gasteiger partial charge in [-0.05, 0) is 24.6 Å². The van der Waals surface area contributed by atoms with Gasteiger partial charge in [-0.25, -0.2) is 10.2 Å². The molecule has 0 bridgehead atoms. The third-order valence-electron chi connectivity index (χ3n) is 3.91. The molecule has 0 radical (unpaired) electrons. The summed E-state index contributed by atoms with van der Waals surface area (Å²) >= 11 is 0. The van der Waals surface area contributed by atoms with Crippen molar-refractivity contribution in [3.8, 4) is 5.75 Å². The summed E-state index contributed by atoms with van der Waals surface area (Å²) in [6.45, 7) is 2.35. The fourth-order valence-electron chi connectivity index (χ4n) is 2.61. The zero-order valence-corrected chi connectivity index (χ0v) is 14.1. The van der Waals surface area contributed by atoms with Crippen LogP contribution in [0.2, 0.25) is 0 Å². The molecule has 1 aromatic carbocycles. The molecule has 0 fully saturated rings. The second-order valence-corrected chi connectivity index (χ2v) is 5.52. The lowest BCUT2D eigenvalue weighted by Gasteiger charge is -2.05. The van der Waals surface area contributed by atoms with E-state index in [1.807, 2.05) is 6.92 Å². The molecule has 130 valence electrons. The number of phenolic OH excluding ortho intramolecular Hbond substituents is 1. The highest BCUT2D eigenvalue weighted by Crippen LogP contribution is 2.15. The summed E-state index contributed by atoms with van der Waals surface area (Å²) in [5.41, 5.74) is 3.28. The van der Waals surface area contributed by atoms with E-state index in [9.17, 15) is 14.7 Å². The molecule has 0 amide bonds. The summed E-state index contributed by atoms with van der Waals surface area (Å²) < 4.78 is 4.04. The summed E-state index contributed by atoms with van der Waals surface area (Å²) in [5.74, 6) is 0.496. The van der Waals surface area contributed by atoms with E-state index >= 15 is 0 Å².